The number of benzene rings is 1. The maximum absolute atomic E-state index is 4.35. The first kappa shape index (κ1) is 14.2. The first-order valence-corrected chi connectivity index (χ1v) is 7.97. The number of hydrogen-bond donors (Lipinski definition) is 2. The van der Waals surface area contributed by atoms with Crippen LogP contribution < -0.4 is 15.5 Å². The van der Waals surface area contributed by atoms with E-state index >= 15 is 0 Å². The SMILES string of the molecule is CN=C(NC1CCN(c2ccc(C)cc2)C1)NC1CC1C. The first-order chi connectivity index (χ1) is 10.2. The van der Waals surface area contributed by atoms with Crippen molar-refractivity contribution in [2.75, 3.05) is 25.0 Å². The van der Waals surface area contributed by atoms with Gasteiger partial charge in [0.2, 0.25) is 0 Å². The minimum Gasteiger partial charge on any atom is -0.369 e. The van der Waals surface area contributed by atoms with Gasteiger partial charge in [-0.15, -0.1) is 0 Å². The number of nitrogens with zero attached hydrogens (tertiary/aromatic N) is 2. The van der Waals surface area contributed by atoms with Gasteiger partial charge >= 0.3 is 0 Å². The standard InChI is InChI=1S/C17H26N4/c1-12-4-6-15(7-5-12)21-9-8-14(11-21)19-17(18-3)20-16-10-13(16)2/h4-7,13-14,16H,8-11H2,1-3H3,(H2,18,19,20). The van der Waals surface area contributed by atoms with Crippen molar-refractivity contribution in [3.8, 4) is 0 Å². The zero-order valence-electron chi connectivity index (χ0n) is 13.3. The van der Waals surface area contributed by atoms with Crippen LogP contribution in [0.15, 0.2) is 29.3 Å². The third-order valence-electron chi connectivity index (χ3n) is 4.58. The number of anilines is 1. The van der Waals surface area contributed by atoms with Crippen molar-refractivity contribution in [2.24, 2.45) is 10.9 Å². The van der Waals surface area contributed by atoms with Crippen molar-refractivity contribution in [3.63, 3.8) is 0 Å². The molecule has 114 valence electrons. The van der Waals surface area contributed by atoms with E-state index in [0.717, 1.165) is 31.4 Å². The average Bonchev–Trinajstić information content (AvgIpc) is 2.99. The van der Waals surface area contributed by atoms with Crippen LogP contribution in [0.25, 0.3) is 0 Å². The number of guanidine groups is 1. The van der Waals surface area contributed by atoms with Crippen LogP contribution in [0.5, 0.6) is 0 Å². The fourth-order valence-corrected chi connectivity index (χ4v) is 2.93. The lowest BCUT2D eigenvalue weighted by molar-refractivity contribution is 0.643. The molecule has 1 aliphatic heterocycles. The molecule has 0 spiro atoms. The lowest BCUT2D eigenvalue weighted by atomic mass is 10.2. The van der Waals surface area contributed by atoms with Crippen LogP contribution in [-0.2, 0) is 0 Å². The van der Waals surface area contributed by atoms with E-state index in [1.165, 1.54) is 17.7 Å². The molecule has 0 amide bonds. The van der Waals surface area contributed by atoms with Gasteiger partial charge in [0.15, 0.2) is 5.96 Å². The van der Waals surface area contributed by atoms with Crippen LogP contribution in [0.4, 0.5) is 5.69 Å². The molecule has 1 aromatic rings. The molecule has 0 bridgehead atoms. The van der Waals surface area contributed by atoms with Gasteiger partial charge < -0.3 is 15.5 Å². The van der Waals surface area contributed by atoms with E-state index in [2.05, 4.69) is 58.6 Å². The number of rotatable bonds is 3. The zero-order chi connectivity index (χ0) is 14.8. The van der Waals surface area contributed by atoms with Gasteiger partial charge in [-0.2, -0.15) is 0 Å². The Hall–Kier alpha value is -1.71. The lowest BCUT2D eigenvalue weighted by Crippen LogP contribution is -2.45. The van der Waals surface area contributed by atoms with Gasteiger partial charge in [-0.3, -0.25) is 4.99 Å². The second kappa shape index (κ2) is 5.96. The first-order valence-electron chi connectivity index (χ1n) is 7.97. The highest BCUT2D eigenvalue weighted by Gasteiger charge is 2.34. The van der Waals surface area contributed by atoms with Crippen molar-refractivity contribution in [2.45, 2.75) is 38.8 Å². The maximum atomic E-state index is 4.35. The molecule has 2 aliphatic rings. The van der Waals surface area contributed by atoms with Crippen molar-refractivity contribution in [1.82, 2.24) is 10.6 Å². The van der Waals surface area contributed by atoms with E-state index in [9.17, 15) is 0 Å². The Morgan fingerprint density at radius 1 is 1.24 bits per heavy atom. The molecule has 4 heteroatoms. The number of hydrogen-bond acceptors (Lipinski definition) is 2. The molecule has 3 unspecified atom stereocenters. The number of aryl methyl sites for hydroxylation is 1. The van der Waals surface area contributed by atoms with E-state index in [0.29, 0.717) is 12.1 Å². The van der Waals surface area contributed by atoms with E-state index in [-0.39, 0.29) is 0 Å². The predicted octanol–water partition coefficient (Wildman–Crippen LogP) is 2.15. The predicted molar refractivity (Wildman–Crippen MR) is 89.0 cm³/mol. The van der Waals surface area contributed by atoms with Gasteiger partial charge in [-0.05, 0) is 37.8 Å². The summed E-state index contributed by atoms with van der Waals surface area (Å²) < 4.78 is 0. The van der Waals surface area contributed by atoms with Crippen molar-refractivity contribution >= 4 is 11.6 Å². The minimum absolute atomic E-state index is 0.478. The Morgan fingerprint density at radius 2 is 1.95 bits per heavy atom. The van der Waals surface area contributed by atoms with Crippen LogP contribution >= 0.6 is 0 Å². The molecular formula is C17H26N4. The van der Waals surface area contributed by atoms with Gasteiger partial charge in [0.1, 0.15) is 0 Å². The van der Waals surface area contributed by atoms with Crippen LogP contribution in [0.3, 0.4) is 0 Å². The largest absolute Gasteiger partial charge is 0.369 e. The summed E-state index contributed by atoms with van der Waals surface area (Å²) in [6, 6.07) is 9.90. The molecule has 1 saturated carbocycles. The molecular weight excluding hydrogens is 260 g/mol. The molecule has 1 aliphatic carbocycles. The number of aliphatic imine (C=N–C) groups is 1. The molecule has 0 radical (unpaired) electrons. The van der Waals surface area contributed by atoms with Gasteiger partial charge in [0.25, 0.3) is 0 Å². The van der Waals surface area contributed by atoms with E-state index < -0.39 is 0 Å². The van der Waals surface area contributed by atoms with E-state index in [1.807, 2.05) is 7.05 Å². The van der Waals surface area contributed by atoms with E-state index in [4.69, 9.17) is 0 Å². The van der Waals surface area contributed by atoms with Gasteiger partial charge in [0.05, 0.1) is 0 Å². The third kappa shape index (κ3) is 3.49. The quantitative estimate of drug-likeness (QED) is 0.661. The van der Waals surface area contributed by atoms with Gasteiger partial charge in [-0.1, -0.05) is 24.6 Å². The maximum Gasteiger partial charge on any atom is 0.191 e. The average molecular weight is 286 g/mol. The van der Waals surface area contributed by atoms with Crippen molar-refractivity contribution in [3.05, 3.63) is 29.8 Å². The third-order valence-corrected chi connectivity index (χ3v) is 4.58. The van der Waals surface area contributed by atoms with Gasteiger partial charge in [0, 0.05) is 37.9 Å². The Kier molecular flexibility index (Phi) is 4.04. The summed E-state index contributed by atoms with van der Waals surface area (Å²) in [6.45, 7) is 6.56. The summed E-state index contributed by atoms with van der Waals surface area (Å²) in [4.78, 5) is 6.80. The number of nitrogens with one attached hydrogen (secondary N) is 2. The second-order valence-corrected chi connectivity index (χ2v) is 6.45. The summed E-state index contributed by atoms with van der Waals surface area (Å²) >= 11 is 0. The fraction of sp³-hybridized carbons (Fsp3) is 0.588. The van der Waals surface area contributed by atoms with Crippen LogP contribution in [0, 0.1) is 12.8 Å². The summed E-state index contributed by atoms with van der Waals surface area (Å²) in [5, 5.41) is 7.07. The molecule has 1 aromatic carbocycles. The normalized spacial score (nSPS) is 28.6. The molecule has 0 aromatic heterocycles. The highest BCUT2D eigenvalue weighted by molar-refractivity contribution is 5.80. The lowest BCUT2D eigenvalue weighted by Gasteiger charge is -2.20. The van der Waals surface area contributed by atoms with Crippen molar-refractivity contribution < 1.29 is 0 Å². The summed E-state index contributed by atoms with van der Waals surface area (Å²) in [6.07, 6.45) is 2.43. The second-order valence-electron chi connectivity index (χ2n) is 6.45. The Labute approximate surface area is 127 Å². The molecule has 2 fully saturated rings. The minimum atomic E-state index is 0.478. The van der Waals surface area contributed by atoms with Crippen molar-refractivity contribution in [1.29, 1.82) is 0 Å². The highest BCUT2D eigenvalue weighted by Crippen LogP contribution is 2.28. The molecule has 3 atom stereocenters. The fourth-order valence-electron chi connectivity index (χ4n) is 2.93. The Bertz CT molecular complexity index is 508. The topological polar surface area (TPSA) is 39.7 Å². The monoisotopic (exact) mass is 286 g/mol. The molecule has 2 N–H and O–H groups in total. The summed E-state index contributed by atoms with van der Waals surface area (Å²) in [5.74, 6) is 1.75. The van der Waals surface area contributed by atoms with Crippen LogP contribution in [0.2, 0.25) is 0 Å². The molecule has 4 nitrogen and oxygen atoms in total. The molecule has 3 rings (SSSR count). The molecule has 1 heterocycles. The summed E-state index contributed by atoms with van der Waals surface area (Å²) in [5.41, 5.74) is 2.64. The Morgan fingerprint density at radius 3 is 2.57 bits per heavy atom. The van der Waals surface area contributed by atoms with Crippen LogP contribution in [-0.4, -0.2) is 38.2 Å². The molecule has 1 saturated heterocycles. The van der Waals surface area contributed by atoms with Gasteiger partial charge in [-0.25, -0.2) is 0 Å². The highest BCUT2D eigenvalue weighted by atomic mass is 15.3. The van der Waals surface area contributed by atoms with Crippen LogP contribution in [0.1, 0.15) is 25.3 Å². The zero-order valence-corrected chi connectivity index (χ0v) is 13.3. The summed E-state index contributed by atoms with van der Waals surface area (Å²) in [7, 11) is 1.86. The van der Waals surface area contributed by atoms with E-state index in [1.54, 1.807) is 0 Å². The Balaban J connectivity index is 1.53. The smallest absolute Gasteiger partial charge is 0.191 e. The molecule has 21 heavy (non-hydrogen) atoms.